The predicted octanol–water partition coefficient (Wildman–Crippen LogP) is 3.24. The summed E-state index contributed by atoms with van der Waals surface area (Å²) >= 11 is 0. The van der Waals surface area contributed by atoms with Gasteiger partial charge in [0.1, 0.15) is 6.10 Å². The van der Waals surface area contributed by atoms with Crippen molar-refractivity contribution < 1.29 is 13.9 Å². The third kappa shape index (κ3) is 3.30. The molecule has 26 heavy (non-hydrogen) atoms. The second-order valence-electron chi connectivity index (χ2n) is 7.71. The van der Waals surface area contributed by atoms with E-state index in [4.69, 9.17) is 13.9 Å². The number of rotatable bonds is 3. The first-order valence-corrected chi connectivity index (χ1v) is 11.4. The van der Waals surface area contributed by atoms with Gasteiger partial charge in [0.2, 0.25) is 0 Å². The smallest absolute Gasteiger partial charge is 0.260 e. The molecule has 2 fully saturated rings. The predicted molar refractivity (Wildman–Crippen MR) is 106 cm³/mol. The van der Waals surface area contributed by atoms with E-state index in [1.54, 1.807) is 0 Å². The number of benzene rings is 2. The lowest BCUT2D eigenvalue weighted by atomic mass is 10.1. The molecule has 2 saturated heterocycles. The SMILES string of the molecule is C=C1C[C@@H]([C@H]2COC(C)(C)O2)O[Si](c2ccccc2)(c2ccccc2)C1. The van der Waals surface area contributed by atoms with E-state index >= 15 is 0 Å². The Bertz CT molecular complexity index is 733. The van der Waals surface area contributed by atoms with E-state index in [2.05, 4.69) is 67.2 Å². The van der Waals surface area contributed by atoms with Gasteiger partial charge in [0, 0.05) is 0 Å². The van der Waals surface area contributed by atoms with Gasteiger partial charge in [-0.2, -0.15) is 0 Å². The van der Waals surface area contributed by atoms with E-state index in [0.29, 0.717) is 6.61 Å². The molecular weight excluding hydrogens is 340 g/mol. The fourth-order valence-electron chi connectivity index (χ4n) is 4.08. The van der Waals surface area contributed by atoms with Crippen molar-refractivity contribution in [2.24, 2.45) is 0 Å². The molecule has 4 heteroatoms. The Morgan fingerprint density at radius 3 is 2.00 bits per heavy atom. The Hall–Kier alpha value is -1.72. The summed E-state index contributed by atoms with van der Waals surface area (Å²) in [7, 11) is -2.41. The third-order valence-corrected chi connectivity index (χ3v) is 9.50. The van der Waals surface area contributed by atoms with Crippen LogP contribution in [0.25, 0.3) is 0 Å². The summed E-state index contributed by atoms with van der Waals surface area (Å²) in [5.41, 5.74) is 1.24. The van der Waals surface area contributed by atoms with E-state index in [-0.39, 0.29) is 12.2 Å². The summed E-state index contributed by atoms with van der Waals surface area (Å²) in [6.07, 6.45) is 0.755. The highest BCUT2D eigenvalue weighted by atomic mass is 28.4. The van der Waals surface area contributed by atoms with Crippen LogP contribution in [-0.2, 0) is 13.9 Å². The van der Waals surface area contributed by atoms with Gasteiger partial charge in [-0.25, -0.2) is 0 Å². The van der Waals surface area contributed by atoms with Crippen LogP contribution in [0.15, 0.2) is 72.8 Å². The van der Waals surface area contributed by atoms with Gasteiger partial charge in [-0.15, -0.1) is 0 Å². The van der Waals surface area contributed by atoms with E-state index < -0.39 is 14.1 Å². The van der Waals surface area contributed by atoms with E-state index in [1.165, 1.54) is 15.9 Å². The van der Waals surface area contributed by atoms with Crippen molar-refractivity contribution in [2.75, 3.05) is 6.61 Å². The quantitative estimate of drug-likeness (QED) is 0.617. The van der Waals surface area contributed by atoms with Gasteiger partial charge >= 0.3 is 0 Å². The van der Waals surface area contributed by atoms with Gasteiger partial charge < -0.3 is 13.9 Å². The van der Waals surface area contributed by atoms with Crippen LogP contribution in [0.4, 0.5) is 0 Å². The van der Waals surface area contributed by atoms with Crippen LogP contribution in [0.1, 0.15) is 20.3 Å². The average molecular weight is 367 g/mol. The zero-order chi connectivity index (χ0) is 18.2. The van der Waals surface area contributed by atoms with Crippen molar-refractivity contribution in [1.82, 2.24) is 0 Å². The zero-order valence-corrected chi connectivity index (χ0v) is 16.5. The topological polar surface area (TPSA) is 27.7 Å². The van der Waals surface area contributed by atoms with Crippen LogP contribution in [0.2, 0.25) is 6.04 Å². The Kier molecular flexibility index (Phi) is 4.61. The molecule has 0 radical (unpaired) electrons. The van der Waals surface area contributed by atoms with Gasteiger partial charge in [0.15, 0.2) is 5.79 Å². The first-order chi connectivity index (χ1) is 12.5. The second kappa shape index (κ2) is 6.78. The molecule has 0 N–H and O–H groups in total. The number of ether oxygens (including phenoxy) is 2. The summed E-state index contributed by atoms with van der Waals surface area (Å²) in [5, 5.41) is 2.57. The highest BCUT2D eigenvalue weighted by Crippen LogP contribution is 2.35. The van der Waals surface area contributed by atoms with Crippen LogP contribution in [0, 0.1) is 0 Å². The molecule has 2 aliphatic heterocycles. The molecule has 0 bridgehead atoms. The Balaban J connectivity index is 1.75. The molecule has 2 heterocycles. The third-order valence-electron chi connectivity index (χ3n) is 5.27. The lowest BCUT2D eigenvalue weighted by Crippen LogP contribution is -2.65. The normalized spacial score (nSPS) is 27.4. The van der Waals surface area contributed by atoms with Crippen LogP contribution in [0.3, 0.4) is 0 Å². The fraction of sp³-hybridized carbons (Fsp3) is 0.364. The van der Waals surface area contributed by atoms with Crippen molar-refractivity contribution in [1.29, 1.82) is 0 Å². The van der Waals surface area contributed by atoms with Crippen LogP contribution in [-0.4, -0.2) is 32.9 Å². The molecule has 0 unspecified atom stereocenters. The van der Waals surface area contributed by atoms with Crippen molar-refractivity contribution >= 4 is 18.7 Å². The van der Waals surface area contributed by atoms with E-state index in [9.17, 15) is 0 Å². The molecular formula is C22H26O3Si. The maximum atomic E-state index is 6.97. The number of hydrogen-bond acceptors (Lipinski definition) is 3. The van der Waals surface area contributed by atoms with Gasteiger partial charge in [-0.3, -0.25) is 0 Å². The summed E-state index contributed by atoms with van der Waals surface area (Å²) in [6, 6.07) is 22.2. The maximum absolute atomic E-state index is 6.97. The van der Waals surface area contributed by atoms with Crippen molar-refractivity contribution in [3.8, 4) is 0 Å². The molecule has 0 aromatic heterocycles. The molecule has 3 nitrogen and oxygen atoms in total. The fourth-order valence-corrected chi connectivity index (χ4v) is 8.24. The summed E-state index contributed by atoms with van der Waals surface area (Å²) in [5.74, 6) is -0.545. The molecule has 136 valence electrons. The molecule has 2 aliphatic rings. The van der Waals surface area contributed by atoms with E-state index in [0.717, 1.165) is 12.5 Å². The molecule has 2 aromatic rings. The summed E-state index contributed by atoms with van der Waals surface area (Å²) in [6.45, 7) is 8.87. The summed E-state index contributed by atoms with van der Waals surface area (Å²) in [4.78, 5) is 0. The standard InChI is InChI=1S/C22H26O3Si/c1-17-14-20(21-15-23-22(2,3)24-21)25-26(16-17,18-10-6-4-7-11-18)19-12-8-5-9-13-19/h4-13,20-21H,1,14-16H2,2-3H3/t20-,21+/m0/s1. The van der Waals surface area contributed by atoms with Crippen molar-refractivity contribution in [3.63, 3.8) is 0 Å². The maximum Gasteiger partial charge on any atom is 0.260 e. The first kappa shape index (κ1) is 17.7. The van der Waals surface area contributed by atoms with E-state index in [1.807, 2.05) is 13.8 Å². The second-order valence-corrected chi connectivity index (χ2v) is 11.1. The van der Waals surface area contributed by atoms with Crippen LogP contribution in [0.5, 0.6) is 0 Å². The molecule has 0 aliphatic carbocycles. The molecule has 2 aromatic carbocycles. The Morgan fingerprint density at radius 1 is 0.923 bits per heavy atom. The largest absolute Gasteiger partial charge is 0.402 e. The van der Waals surface area contributed by atoms with Gasteiger partial charge in [-0.1, -0.05) is 72.8 Å². The van der Waals surface area contributed by atoms with Gasteiger partial charge in [-0.05, 0) is 36.7 Å². The van der Waals surface area contributed by atoms with Gasteiger partial charge in [0.25, 0.3) is 8.32 Å². The molecule has 4 rings (SSSR count). The minimum Gasteiger partial charge on any atom is -0.402 e. The lowest BCUT2D eigenvalue weighted by molar-refractivity contribution is -0.149. The van der Waals surface area contributed by atoms with Crippen molar-refractivity contribution in [2.45, 2.75) is 44.3 Å². The summed E-state index contributed by atoms with van der Waals surface area (Å²) < 4.78 is 18.9. The lowest BCUT2D eigenvalue weighted by Gasteiger charge is -2.42. The highest BCUT2D eigenvalue weighted by Gasteiger charge is 2.49. The first-order valence-electron chi connectivity index (χ1n) is 9.26. The number of hydrogen-bond donors (Lipinski definition) is 0. The Labute approximate surface area is 156 Å². The Morgan fingerprint density at radius 2 is 1.50 bits per heavy atom. The average Bonchev–Trinajstić information content (AvgIpc) is 3.02. The molecule has 0 spiro atoms. The molecule has 2 atom stereocenters. The molecule has 0 saturated carbocycles. The highest BCUT2D eigenvalue weighted by molar-refractivity contribution is 6.98. The zero-order valence-electron chi connectivity index (χ0n) is 15.5. The van der Waals surface area contributed by atoms with Crippen LogP contribution >= 0.6 is 0 Å². The van der Waals surface area contributed by atoms with Crippen LogP contribution < -0.4 is 10.4 Å². The van der Waals surface area contributed by atoms with Gasteiger partial charge in [0.05, 0.1) is 12.7 Å². The minimum absolute atomic E-state index is 0.0231. The minimum atomic E-state index is -2.41. The molecule has 0 amide bonds. The van der Waals surface area contributed by atoms with Crippen molar-refractivity contribution in [3.05, 3.63) is 72.8 Å². The monoisotopic (exact) mass is 366 g/mol.